The van der Waals surface area contributed by atoms with Crippen molar-refractivity contribution in [3.8, 4) is 11.5 Å². The van der Waals surface area contributed by atoms with Crippen LogP contribution in [-0.2, 0) is 4.74 Å². The number of fused-ring (bicyclic) bond motifs is 1. The lowest BCUT2D eigenvalue weighted by Gasteiger charge is -2.37. The third kappa shape index (κ3) is 2.63. The minimum atomic E-state index is 0.229. The molecule has 0 amide bonds. The molecule has 1 aromatic rings. The van der Waals surface area contributed by atoms with Crippen molar-refractivity contribution in [2.24, 2.45) is 5.92 Å². The summed E-state index contributed by atoms with van der Waals surface area (Å²) in [5.41, 5.74) is 1.22. The second-order valence-electron chi connectivity index (χ2n) is 5.61. The maximum absolute atomic E-state index is 6.25. The zero-order chi connectivity index (χ0) is 13.9. The highest BCUT2D eigenvalue weighted by atomic mass is 16.5. The van der Waals surface area contributed by atoms with Crippen LogP contribution >= 0.6 is 0 Å². The molecule has 4 nitrogen and oxygen atoms in total. The monoisotopic (exact) mass is 277 g/mol. The quantitative estimate of drug-likeness (QED) is 0.921. The van der Waals surface area contributed by atoms with Gasteiger partial charge in [0, 0.05) is 36.6 Å². The standard InChI is InChI=1S/C16H23NO3/c1-17-14-9-15(11-4-3-7-19-10-11)20-16-8-12(18-2)5-6-13(14)16/h5-6,8,11,14-15,17H,3-4,7,9-10H2,1-2H3. The first-order valence-corrected chi connectivity index (χ1v) is 7.41. The lowest BCUT2D eigenvalue weighted by Crippen LogP contribution is -2.39. The zero-order valence-corrected chi connectivity index (χ0v) is 12.2. The van der Waals surface area contributed by atoms with E-state index in [1.807, 2.05) is 19.2 Å². The molecule has 2 aliphatic heterocycles. The number of nitrogens with one attached hydrogen (secondary N) is 1. The van der Waals surface area contributed by atoms with Gasteiger partial charge < -0.3 is 19.5 Å². The normalized spacial score (nSPS) is 29.4. The molecule has 1 N–H and O–H groups in total. The van der Waals surface area contributed by atoms with Gasteiger partial charge >= 0.3 is 0 Å². The summed E-state index contributed by atoms with van der Waals surface area (Å²) in [7, 11) is 3.70. The molecule has 0 bridgehead atoms. The van der Waals surface area contributed by atoms with Gasteiger partial charge in [0.25, 0.3) is 0 Å². The molecule has 110 valence electrons. The summed E-state index contributed by atoms with van der Waals surface area (Å²) in [4.78, 5) is 0. The van der Waals surface area contributed by atoms with Crippen molar-refractivity contribution in [1.82, 2.24) is 5.32 Å². The number of ether oxygens (including phenoxy) is 3. The van der Waals surface area contributed by atoms with E-state index >= 15 is 0 Å². The van der Waals surface area contributed by atoms with E-state index in [0.29, 0.717) is 12.0 Å². The SMILES string of the molecule is CNC1CC(C2CCCOC2)Oc2cc(OC)ccc21. The minimum Gasteiger partial charge on any atom is -0.497 e. The molecule has 2 aliphatic rings. The maximum Gasteiger partial charge on any atom is 0.128 e. The molecule has 0 spiro atoms. The van der Waals surface area contributed by atoms with E-state index in [1.165, 1.54) is 12.0 Å². The van der Waals surface area contributed by atoms with Gasteiger partial charge in [0.15, 0.2) is 0 Å². The first-order valence-electron chi connectivity index (χ1n) is 7.41. The van der Waals surface area contributed by atoms with Crippen LogP contribution in [0.3, 0.4) is 0 Å². The van der Waals surface area contributed by atoms with E-state index in [0.717, 1.165) is 37.6 Å². The van der Waals surface area contributed by atoms with Crippen molar-refractivity contribution in [2.45, 2.75) is 31.4 Å². The number of hydrogen-bond donors (Lipinski definition) is 1. The van der Waals surface area contributed by atoms with Crippen molar-refractivity contribution in [3.63, 3.8) is 0 Å². The Hall–Kier alpha value is -1.26. The lowest BCUT2D eigenvalue weighted by molar-refractivity contribution is -0.0108. The van der Waals surface area contributed by atoms with E-state index in [2.05, 4.69) is 11.4 Å². The van der Waals surface area contributed by atoms with Crippen molar-refractivity contribution in [2.75, 3.05) is 27.4 Å². The summed E-state index contributed by atoms with van der Waals surface area (Å²) >= 11 is 0. The van der Waals surface area contributed by atoms with Crippen LogP contribution in [0, 0.1) is 5.92 Å². The van der Waals surface area contributed by atoms with Gasteiger partial charge in [-0.2, -0.15) is 0 Å². The smallest absolute Gasteiger partial charge is 0.128 e. The molecule has 1 aromatic carbocycles. The molecule has 0 radical (unpaired) electrons. The number of methoxy groups -OCH3 is 1. The second kappa shape index (κ2) is 6.02. The summed E-state index contributed by atoms with van der Waals surface area (Å²) in [5, 5.41) is 3.41. The predicted octanol–water partition coefficient (Wildman–Crippen LogP) is 2.53. The highest BCUT2D eigenvalue weighted by Gasteiger charge is 2.34. The molecule has 20 heavy (non-hydrogen) atoms. The largest absolute Gasteiger partial charge is 0.497 e. The molecular formula is C16H23NO3. The Labute approximate surface area is 120 Å². The van der Waals surface area contributed by atoms with Gasteiger partial charge in [-0.1, -0.05) is 6.07 Å². The Morgan fingerprint density at radius 2 is 2.25 bits per heavy atom. The molecule has 3 rings (SSSR count). The Kier molecular flexibility index (Phi) is 4.13. The van der Waals surface area contributed by atoms with E-state index < -0.39 is 0 Å². The first kappa shape index (κ1) is 13.7. The van der Waals surface area contributed by atoms with Crippen LogP contribution in [0.1, 0.15) is 30.9 Å². The molecule has 0 saturated carbocycles. The fourth-order valence-corrected chi connectivity index (χ4v) is 3.22. The van der Waals surface area contributed by atoms with Gasteiger partial charge in [-0.3, -0.25) is 0 Å². The molecule has 2 heterocycles. The fourth-order valence-electron chi connectivity index (χ4n) is 3.22. The van der Waals surface area contributed by atoms with E-state index in [4.69, 9.17) is 14.2 Å². The van der Waals surface area contributed by atoms with Crippen LogP contribution in [0.2, 0.25) is 0 Å². The molecular weight excluding hydrogens is 254 g/mol. The van der Waals surface area contributed by atoms with Crippen molar-refractivity contribution < 1.29 is 14.2 Å². The first-order chi connectivity index (χ1) is 9.81. The molecule has 4 heteroatoms. The Balaban J connectivity index is 1.83. The molecule has 1 fully saturated rings. The third-order valence-electron chi connectivity index (χ3n) is 4.41. The van der Waals surface area contributed by atoms with Crippen LogP contribution in [-0.4, -0.2) is 33.5 Å². The highest BCUT2D eigenvalue weighted by molar-refractivity contribution is 5.44. The highest BCUT2D eigenvalue weighted by Crippen LogP contribution is 2.40. The van der Waals surface area contributed by atoms with Crippen molar-refractivity contribution in [3.05, 3.63) is 23.8 Å². The molecule has 1 saturated heterocycles. The summed E-state index contributed by atoms with van der Waals surface area (Å²) in [6, 6.07) is 6.44. The molecule has 3 unspecified atom stereocenters. The Morgan fingerprint density at radius 1 is 1.35 bits per heavy atom. The van der Waals surface area contributed by atoms with Gasteiger partial charge in [-0.05, 0) is 26.0 Å². The summed E-state index contributed by atoms with van der Waals surface area (Å²) in [6.45, 7) is 1.71. The maximum atomic E-state index is 6.25. The van der Waals surface area contributed by atoms with Gasteiger partial charge in [0.1, 0.15) is 17.6 Å². The summed E-state index contributed by atoms with van der Waals surface area (Å²) in [5.74, 6) is 2.30. The molecule has 0 aromatic heterocycles. The summed E-state index contributed by atoms with van der Waals surface area (Å²) < 4.78 is 17.2. The van der Waals surface area contributed by atoms with Gasteiger partial charge in [0.2, 0.25) is 0 Å². The van der Waals surface area contributed by atoms with Crippen LogP contribution < -0.4 is 14.8 Å². The molecule has 0 aliphatic carbocycles. The topological polar surface area (TPSA) is 39.7 Å². The summed E-state index contributed by atoms with van der Waals surface area (Å²) in [6.07, 6.45) is 3.57. The lowest BCUT2D eigenvalue weighted by atomic mass is 9.87. The van der Waals surface area contributed by atoms with E-state index in [9.17, 15) is 0 Å². The number of rotatable bonds is 3. The van der Waals surface area contributed by atoms with Crippen LogP contribution in [0.5, 0.6) is 11.5 Å². The van der Waals surface area contributed by atoms with E-state index in [1.54, 1.807) is 7.11 Å². The van der Waals surface area contributed by atoms with Crippen molar-refractivity contribution in [1.29, 1.82) is 0 Å². The second-order valence-corrected chi connectivity index (χ2v) is 5.61. The third-order valence-corrected chi connectivity index (χ3v) is 4.41. The van der Waals surface area contributed by atoms with E-state index in [-0.39, 0.29) is 6.10 Å². The predicted molar refractivity (Wildman–Crippen MR) is 77.4 cm³/mol. The average Bonchev–Trinajstić information content (AvgIpc) is 2.54. The number of benzene rings is 1. The van der Waals surface area contributed by atoms with Gasteiger partial charge in [-0.15, -0.1) is 0 Å². The molecule has 3 atom stereocenters. The zero-order valence-electron chi connectivity index (χ0n) is 12.2. The fraction of sp³-hybridized carbons (Fsp3) is 0.625. The van der Waals surface area contributed by atoms with Gasteiger partial charge in [0.05, 0.1) is 13.7 Å². The Bertz CT molecular complexity index is 457. The minimum absolute atomic E-state index is 0.229. The van der Waals surface area contributed by atoms with Crippen LogP contribution in [0.25, 0.3) is 0 Å². The van der Waals surface area contributed by atoms with Crippen LogP contribution in [0.4, 0.5) is 0 Å². The number of hydrogen-bond acceptors (Lipinski definition) is 4. The average molecular weight is 277 g/mol. The Morgan fingerprint density at radius 3 is 2.95 bits per heavy atom. The van der Waals surface area contributed by atoms with Crippen LogP contribution in [0.15, 0.2) is 18.2 Å². The van der Waals surface area contributed by atoms with Crippen molar-refractivity contribution >= 4 is 0 Å². The van der Waals surface area contributed by atoms with Gasteiger partial charge in [-0.25, -0.2) is 0 Å².